The SMILES string of the molecule is c1ccc(-c2nc(-c3ccccc3)nc(-c3ccc(-n4c5ccc6ccccc6c5c5c6ccccc6ccc54)c4ccccc34)n2)cc1. The highest BCUT2D eigenvalue weighted by Gasteiger charge is 2.20. The Balaban J connectivity index is 1.27. The van der Waals surface area contributed by atoms with Crippen molar-refractivity contribution in [3.8, 4) is 39.9 Å². The second-order valence-electron chi connectivity index (χ2n) is 12.4. The summed E-state index contributed by atoms with van der Waals surface area (Å²) in [4.78, 5) is 15.1. The summed E-state index contributed by atoms with van der Waals surface area (Å²) in [6.07, 6.45) is 0. The Hall–Kier alpha value is -6.65. The Morgan fingerprint density at radius 1 is 0.327 bits per heavy atom. The third kappa shape index (κ3) is 4.35. The standard InChI is InChI=1S/C45H28N4/c1-3-15-31(16-4-1)43-46-44(32-17-5-2-6-18-32)48-45(47-43)37-25-28-38(36-22-12-11-21-35(36)37)49-39-26-23-29-13-7-9-19-33(29)41(39)42-34-20-10-8-14-30(34)24-27-40(42)49/h1-28H. The predicted molar refractivity (Wildman–Crippen MR) is 203 cm³/mol. The van der Waals surface area contributed by atoms with E-state index in [1.165, 1.54) is 43.4 Å². The van der Waals surface area contributed by atoms with E-state index in [9.17, 15) is 0 Å². The molecule has 2 aromatic heterocycles. The van der Waals surface area contributed by atoms with E-state index in [-0.39, 0.29) is 0 Å². The van der Waals surface area contributed by atoms with Crippen LogP contribution in [0.3, 0.4) is 0 Å². The molecule has 0 spiro atoms. The molecule has 4 nitrogen and oxygen atoms in total. The molecule has 228 valence electrons. The lowest BCUT2D eigenvalue weighted by molar-refractivity contribution is 1.08. The first kappa shape index (κ1) is 27.5. The van der Waals surface area contributed by atoms with Gasteiger partial charge in [-0.15, -0.1) is 0 Å². The van der Waals surface area contributed by atoms with Crippen molar-refractivity contribution in [2.75, 3.05) is 0 Å². The molecule has 49 heavy (non-hydrogen) atoms. The first-order valence-corrected chi connectivity index (χ1v) is 16.5. The van der Waals surface area contributed by atoms with Crippen LogP contribution in [0.4, 0.5) is 0 Å². The summed E-state index contributed by atoms with van der Waals surface area (Å²) in [5.74, 6) is 1.95. The normalized spacial score (nSPS) is 11.7. The molecule has 10 rings (SSSR count). The molecule has 10 aromatic rings. The van der Waals surface area contributed by atoms with Gasteiger partial charge in [0.1, 0.15) is 0 Å². The summed E-state index contributed by atoms with van der Waals surface area (Å²) in [7, 11) is 0. The number of hydrogen-bond donors (Lipinski definition) is 0. The predicted octanol–water partition coefficient (Wildman–Crippen LogP) is 11.4. The molecule has 0 aliphatic rings. The first-order chi connectivity index (χ1) is 24.3. The summed E-state index contributed by atoms with van der Waals surface area (Å²) in [5.41, 5.74) is 6.35. The molecule has 0 saturated carbocycles. The number of fused-ring (bicyclic) bond motifs is 8. The van der Waals surface area contributed by atoms with Crippen molar-refractivity contribution in [2.45, 2.75) is 0 Å². The lowest BCUT2D eigenvalue weighted by Gasteiger charge is -2.15. The van der Waals surface area contributed by atoms with Crippen LogP contribution in [0.2, 0.25) is 0 Å². The molecular weight excluding hydrogens is 597 g/mol. The third-order valence-electron chi connectivity index (χ3n) is 9.63. The summed E-state index contributed by atoms with van der Waals surface area (Å²) in [6, 6.07) is 59.8. The Bertz CT molecular complexity index is 2720. The number of hydrogen-bond acceptors (Lipinski definition) is 3. The molecule has 0 radical (unpaired) electrons. The first-order valence-electron chi connectivity index (χ1n) is 16.5. The maximum absolute atomic E-state index is 5.08. The Labute approximate surface area is 282 Å². The number of aromatic nitrogens is 4. The van der Waals surface area contributed by atoms with Crippen LogP contribution in [0.25, 0.3) is 94.0 Å². The van der Waals surface area contributed by atoms with Crippen LogP contribution < -0.4 is 0 Å². The number of nitrogens with zero attached hydrogens (tertiary/aromatic N) is 4. The lowest BCUT2D eigenvalue weighted by Crippen LogP contribution is -2.01. The Morgan fingerprint density at radius 2 is 0.776 bits per heavy atom. The van der Waals surface area contributed by atoms with E-state index in [2.05, 4.69) is 114 Å². The quantitative estimate of drug-likeness (QED) is 0.196. The fourth-order valence-corrected chi connectivity index (χ4v) is 7.41. The van der Waals surface area contributed by atoms with Gasteiger partial charge in [0.05, 0.1) is 16.7 Å². The molecule has 0 fully saturated rings. The zero-order chi connectivity index (χ0) is 32.3. The molecular formula is C45H28N4. The Morgan fingerprint density at radius 3 is 1.33 bits per heavy atom. The molecule has 0 saturated heterocycles. The second kappa shape index (κ2) is 11.0. The highest BCUT2D eigenvalue weighted by molar-refractivity contribution is 6.28. The van der Waals surface area contributed by atoms with Crippen molar-refractivity contribution < 1.29 is 0 Å². The largest absolute Gasteiger partial charge is 0.309 e. The minimum Gasteiger partial charge on any atom is -0.309 e. The zero-order valence-electron chi connectivity index (χ0n) is 26.5. The fourth-order valence-electron chi connectivity index (χ4n) is 7.41. The van der Waals surface area contributed by atoms with Crippen LogP contribution in [0.5, 0.6) is 0 Å². The lowest BCUT2D eigenvalue weighted by atomic mass is 10.00. The fraction of sp³-hybridized carbons (Fsp3) is 0. The van der Waals surface area contributed by atoms with Crippen LogP contribution >= 0.6 is 0 Å². The zero-order valence-corrected chi connectivity index (χ0v) is 26.5. The average Bonchev–Trinajstić information content (AvgIpc) is 3.53. The van der Waals surface area contributed by atoms with E-state index in [1.54, 1.807) is 0 Å². The molecule has 0 atom stereocenters. The van der Waals surface area contributed by atoms with E-state index >= 15 is 0 Å². The van der Waals surface area contributed by atoms with Crippen molar-refractivity contribution in [3.63, 3.8) is 0 Å². The summed E-state index contributed by atoms with van der Waals surface area (Å²) in [5, 5.41) is 9.75. The van der Waals surface area contributed by atoms with Crippen molar-refractivity contribution in [2.24, 2.45) is 0 Å². The van der Waals surface area contributed by atoms with E-state index in [0.717, 1.165) is 33.2 Å². The van der Waals surface area contributed by atoms with Gasteiger partial charge in [0, 0.05) is 32.8 Å². The number of benzene rings is 8. The second-order valence-corrected chi connectivity index (χ2v) is 12.4. The van der Waals surface area contributed by atoms with Crippen LogP contribution in [-0.2, 0) is 0 Å². The minimum atomic E-state index is 0.648. The van der Waals surface area contributed by atoms with Gasteiger partial charge in [0.2, 0.25) is 0 Å². The molecule has 8 aromatic carbocycles. The van der Waals surface area contributed by atoms with Gasteiger partial charge in [-0.2, -0.15) is 0 Å². The van der Waals surface area contributed by atoms with Gasteiger partial charge in [-0.3, -0.25) is 0 Å². The monoisotopic (exact) mass is 624 g/mol. The summed E-state index contributed by atoms with van der Waals surface area (Å²) in [6.45, 7) is 0. The van der Waals surface area contributed by atoms with Crippen molar-refractivity contribution in [1.29, 1.82) is 0 Å². The minimum absolute atomic E-state index is 0.648. The molecule has 0 amide bonds. The highest BCUT2D eigenvalue weighted by Crippen LogP contribution is 2.42. The molecule has 0 unspecified atom stereocenters. The van der Waals surface area contributed by atoms with E-state index in [1.807, 2.05) is 60.7 Å². The van der Waals surface area contributed by atoms with Gasteiger partial charge in [0.25, 0.3) is 0 Å². The van der Waals surface area contributed by atoms with Crippen molar-refractivity contribution in [3.05, 3.63) is 170 Å². The van der Waals surface area contributed by atoms with Gasteiger partial charge in [-0.05, 0) is 51.2 Å². The molecule has 0 aliphatic carbocycles. The van der Waals surface area contributed by atoms with Gasteiger partial charge >= 0.3 is 0 Å². The van der Waals surface area contributed by atoms with E-state index in [0.29, 0.717) is 17.5 Å². The van der Waals surface area contributed by atoms with Crippen LogP contribution in [0, 0.1) is 0 Å². The highest BCUT2D eigenvalue weighted by atomic mass is 15.0. The molecule has 0 N–H and O–H groups in total. The van der Waals surface area contributed by atoms with Gasteiger partial charge in [-0.25, -0.2) is 15.0 Å². The summed E-state index contributed by atoms with van der Waals surface area (Å²) < 4.78 is 2.44. The van der Waals surface area contributed by atoms with Gasteiger partial charge in [0.15, 0.2) is 17.5 Å². The molecule has 0 aliphatic heterocycles. The van der Waals surface area contributed by atoms with Gasteiger partial charge < -0.3 is 4.57 Å². The molecule has 0 bridgehead atoms. The maximum Gasteiger partial charge on any atom is 0.164 e. The van der Waals surface area contributed by atoms with Crippen LogP contribution in [0.1, 0.15) is 0 Å². The van der Waals surface area contributed by atoms with Gasteiger partial charge in [-0.1, -0.05) is 146 Å². The summed E-state index contributed by atoms with van der Waals surface area (Å²) >= 11 is 0. The number of rotatable bonds is 4. The van der Waals surface area contributed by atoms with E-state index in [4.69, 9.17) is 15.0 Å². The van der Waals surface area contributed by atoms with Crippen molar-refractivity contribution >= 4 is 54.1 Å². The van der Waals surface area contributed by atoms with E-state index < -0.39 is 0 Å². The Kier molecular flexibility index (Phi) is 6.15. The van der Waals surface area contributed by atoms with Crippen molar-refractivity contribution in [1.82, 2.24) is 19.5 Å². The maximum atomic E-state index is 5.08. The average molecular weight is 625 g/mol. The topological polar surface area (TPSA) is 43.6 Å². The molecule has 2 heterocycles. The smallest absolute Gasteiger partial charge is 0.164 e. The molecule has 4 heteroatoms. The third-order valence-corrected chi connectivity index (χ3v) is 9.63. The van der Waals surface area contributed by atoms with Crippen LogP contribution in [-0.4, -0.2) is 19.5 Å². The van der Waals surface area contributed by atoms with Crippen LogP contribution in [0.15, 0.2) is 170 Å².